The second-order valence-electron chi connectivity index (χ2n) is 6.27. The third kappa shape index (κ3) is 3.42. The van der Waals surface area contributed by atoms with E-state index in [9.17, 15) is 14.7 Å². The number of benzene rings is 2. The van der Waals surface area contributed by atoms with Crippen molar-refractivity contribution in [1.29, 1.82) is 5.26 Å². The molecule has 0 atom stereocenters. The Balaban J connectivity index is 1.88. The van der Waals surface area contributed by atoms with Gasteiger partial charge in [-0.05, 0) is 48.0 Å². The number of rotatable bonds is 4. The van der Waals surface area contributed by atoms with Crippen LogP contribution in [0.4, 0.5) is 0 Å². The zero-order valence-corrected chi connectivity index (χ0v) is 15.0. The van der Waals surface area contributed by atoms with Gasteiger partial charge in [-0.2, -0.15) is 5.26 Å². The summed E-state index contributed by atoms with van der Waals surface area (Å²) in [4.78, 5) is 31.8. The van der Waals surface area contributed by atoms with E-state index in [1.54, 1.807) is 60.8 Å². The summed E-state index contributed by atoms with van der Waals surface area (Å²) in [6.45, 7) is 0. The van der Waals surface area contributed by atoms with Crippen molar-refractivity contribution >= 4 is 29.2 Å². The molecule has 0 bridgehead atoms. The fourth-order valence-corrected chi connectivity index (χ4v) is 2.99. The van der Waals surface area contributed by atoms with Gasteiger partial charge >= 0.3 is 5.97 Å². The summed E-state index contributed by atoms with van der Waals surface area (Å²) in [6, 6.07) is 16.9. The second-order valence-corrected chi connectivity index (χ2v) is 6.27. The van der Waals surface area contributed by atoms with Crippen LogP contribution in [0.1, 0.15) is 27.3 Å². The number of aromatic carboxylic acids is 1. The molecule has 2 heterocycles. The van der Waals surface area contributed by atoms with Gasteiger partial charge in [-0.3, -0.25) is 9.36 Å². The lowest BCUT2D eigenvalue weighted by molar-refractivity contribution is 0.0697. The standard InChI is InChI=1S/C22H14N4O3/c23-13-15-6-4-14(5-7-15)8-9-19-25-18-10-11-24-20(18)21(27)26(19)17-3-1-2-16(12-17)22(28)29/h1-12,24H,(H,28,29)/b9-8+. The van der Waals surface area contributed by atoms with E-state index in [-0.39, 0.29) is 11.1 Å². The molecule has 0 unspecified atom stereocenters. The van der Waals surface area contributed by atoms with Crippen LogP contribution in [0.3, 0.4) is 0 Å². The van der Waals surface area contributed by atoms with Crippen molar-refractivity contribution in [2.45, 2.75) is 0 Å². The van der Waals surface area contributed by atoms with Gasteiger partial charge in [-0.1, -0.05) is 24.3 Å². The first kappa shape index (κ1) is 17.9. The highest BCUT2D eigenvalue weighted by Gasteiger charge is 2.13. The van der Waals surface area contributed by atoms with Crippen molar-refractivity contribution < 1.29 is 9.90 Å². The van der Waals surface area contributed by atoms with E-state index in [1.165, 1.54) is 16.7 Å². The fourth-order valence-electron chi connectivity index (χ4n) is 2.99. The average Bonchev–Trinajstić information content (AvgIpc) is 3.22. The summed E-state index contributed by atoms with van der Waals surface area (Å²) in [5.74, 6) is -0.725. The largest absolute Gasteiger partial charge is 0.478 e. The normalized spacial score (nSPS) is 11.0. The van der Waals surface area contributed by atoms with Crippen molar-refractivity contribution in [3.8, 4) is 11.8 Å². The number of hydrogen-bond acceptors (Lipinski definition) is 4. The molecular weight excluding hydrogens is 368 g/mol. The van der Waals surface area contributed by atoms with Crippen LogP contribution in [0.15, 0.2) is 65.6 Å². The average molecular weight is 382 g/mol. The highest BCUT2D eigenvalue weighted by Crippen LogP contribution is 2.16. The molecule has 2 aromatic carbocycles. The monoisotopic (exact) mass is 382 g/mol. The first-order valence-electron chi connectivity index (χ1n) is 8.69. The van der Waals surface area contributed by atoms with E-state index >= 15 is 0 Å². The van der Waals surface area contributed by atoms with Crippen LogP contribution in [0.25, 0.3) is 28.9 Å². The Kier molecular flexibility index (Phi) is 4.51. The van der Waals surface area contributed by atoms with Gasteiger partial charge in [0.05, 0.1) is 28.4 Å². The third-order valence-corrected chi connectivity index (χ3v) is 4.42. The van der Waals surface area contributed by atoms with Gasteiger partial charge in [0, 0.05) is 6.20 Å². The van der Waals surface area contributed by atoms with Gasteiger partial charge in [0.25, 0.3) is 5.56 Å². The molecule has 0 radical (unpaired) electrons. The molecule has 0 aliphatic heterocycles. The Morgan fingerprint density at radius 2 is 1.93 bits per heavy atom. The molecule has 0 spiro atoms. The number of nitrogens with zero attached hydrogens (tertiary/aromatic N) is 3. The molecule has 0 fully saturated rings. The van der Waals surface area contributed by atoms with Gasteiger partial charge in [-0.25, -0.2) is 9.78 Å². The molecule has 2 N–H and O–H groups in total. The zero-order chi connectivity index (χ0) is 20.4. The highest BCUT2D eigenvalue weighted by molar-refractivity contribution is 5.88. The lowest BCUT2D eigenvalue weighted by Crippen LogP contribution is -2.22. The molecule has 7 heteroatoms. The third-order valence-electron chi connectivity index (χ3n) is 4.42. The second kappa shape index (κ2) is 7.29. The minimum absolute atomic E-state index is 0.0722. The Labute approximate surface area is 164 Å². The molecule has 0 aliphatic rings. The van der Waals surface area contributed by atoms with E-state index in [4.69, 9.17) is 5.26 Å². The Morgan fingerprint density at radius 1 is 1.14 bits per heavy atom. The van der Waals surface area contributed by atoms with Crippen LogP contribution in [-0.4, -0.2) is 25.6 Å². The van der Waals surface area contributed by atoms with Gasteiger partial charge in [0.1, 0.15) is 11.3 Å². The smallest absolute Gasteiger partial charge is 0.335 e. The van der Waals surface area contributed by atoms with Crippen molar-refractivity contribution in [3.63, 3.8) is 0 Å². The molecule has 140 valence electrons. The molecule has 0 amide bonds. The van der Waals surface area contributed by atoms with Crippen LogP contribution in [0.5, 0.6) is 0 Å². The number of nitrogens with one attached hydrogen (secondary N) is 1. The maximum atomic E-state index is 13.1. The van der Waals surface area contributed by atoms with Crippen molar-refractivity contribution in [1.82, 2.24) is 14.5 Å². The molecule has 4 rings (SSSR count). The predicted molar refractivity (Wildman–Crippen MR) is 109 cm³/mol. The Hall–Kier alpha value is -4.44. The molecule has 2 aromatic heterocycles. The van der Waals surface area contributed by atoms with Crippen molar-refractivity contribution in [3.05, 3.63) is 93.7 Å². The number of H-pyrrole nitrogens is 1. The maximum Gasteiger partial charge on any atom is 0.335 e. The minimum atomic E-state index is -1.08. The molecule has 0 saturated carbocycles. The molecule has 29 heavy (non-hydrogen) atoms. The summed E-state index contributed by atoms with van der Waals surface area (Å²) in [7, 11) is 0. The Bertz CT molecular complexity index is 1360. The molecule has 0 saturated heterocycles. The minimum Gasteiger partial charge on any atom is -0.478 e. The zero-order valence-electron chi connectivity index (χ0n) is 15.0. The van der Waals surface area contributed by atoms with E-state index in [0.717, 1.165) is 5.56 Å². The van der Waals surface area contributed by atoms with Crippen LogP contribution in [0.2, 0.25) is 0 Å². The first-order valence-corrected chi connectivity index (χ1v) is 8.69. The van der Waals surface area contributed by atoms with Gasteiger partial charge in [-0.15, -0.1) is 0 Å². The highest BCUT2D eigenvalue weighted by atomic mass is 16.4. The topological polar surface area (TPSA) is 112 Å². The number of fused-ring (bicyclic) bond motifs is 1. The molecule has 4 aromatic rings. The number of aromatic nitrogens is 3. The van der Waals surface area contributed by atoms with Gasteiger partial charge in [0.2, 0.25) is 0 Å². The Morgan fingerprint density at radius 3 is 2.66 bits per heavy atom. The molecular formula is C22H14N4O3. The van der Waals surface area contributed by atoms with Crippen LogP contribution >= 0.6 is 0 Å². The van der Waals surface area contributed by atoms with Crippen molar-refractivity contribution in [2.75, 3.05) is 0 Å². The van der Waals surface area contributed by atoms with Crippen LogP contribution in [0, 0.1) is 11.3 Å². The van der Waals surface area contributed by atoms with Crippen LogP contribution in [-0.2, 0) is 0 Å². The maximum absolute atomic E-state index is 13.1. The summed E-state index contributed by atoms with van der Waals surface area (Å²) in [5.41, 5.74) is 2.37. The van der Waals surface area contributed by atoms with Crippen LogP contribution < -0.4 is 5.56 Å². The number of carboxylic acids is 1. The lowest BCUT2D eigenvalue weighted by Gasteiger charge is -2.10. The summed E-state index contributed by atoms with van der Waals surface area (Å²) in [6.07, 6.45) is 5.09. The summed E-state index contributed by atoms with van der Waals surface area (Å²) >= 11 is 0. The molecule has 7 nitrogen and oxygen atoms in total. The van der Waals surface area contributed by atoms with E-state index < -0.39 is 5.97 Å². The number of aromatic amines is 1. The van der Waals surface area contributed by atoms with E-state index in [0.29, 0.717) is 28.1 Å². The number of carboxylic acid groups (broad SMARTS) is 1. The quantitative estimate of drug-likeness (QED) is 0.561. The van der Waals surface area contributed by atoms with E-state index in [2.05, 4.69) is 16.0 Å². The first-order chi connectivity index (χ1) is 14.1. The number of nitriles is 1. The fraction of sp³-hybridized carbons (Fsp3) is 0. The van der Waals surface area contributed by atoms with Gasteiger partial charge in [0.15, 0.2) is 0 Å². The van der Waals surface area contributed by atoms with Crippen molar-refractivity contribution in [2.24, 2.45) is 0 Å². The number of carbonyl (C=O) groups is 1. The summed E-state index contributed by atoms with van der Waals surface area (Å²) < 4.78 is 1.37. The summed E-state index contributed by atoms with van der Waals surface area (Å²) in [5, 5.41) is 18.2. The molecule has 0 aliphatic carbocycles. The SMILES string of the molecule is N#Cc1ccc(/C=C/c2nc3cc[nH]c3c(=O)n2-c2cccc(C(=O)O)c2)cc1. The van der Waals surface area contributed by atoms with Gasteiger partial charge < -0.3 is 10.1 Å². The van der Waals surface area contributed by atoms with E-state index in [1.807, 2.05) is 0 Å². The lowest BCUT2D eigenvalue weighted by atomic mass is 10.1. The predicted octanol–water partition coefficient (Wildman–Crippen LogP) is 3.45. The number of hydrogen-bond donors (Lipinski definition) is 2.